The molecule has 0 atom stereocenters. The van der Waals surface area contributed by atoms with Gasteiger partial charge >= 0.3 is 5.97 Å². The average Bonchev–Trinajstić information content (AvgIpc) is 2.38. The van der Waals surface area contributed by atoms with Gasteiger partial charge in [-0.1, -0.05) is 11.6 Å². The van der Waals surface area contributed by atoms with E-state index in [1.807, 2.05) is 6.07 Å². The fraction of sp³-hybridized carbons (Fsp3) is 0.500. The molecule has 1 N–H and O–H groups in total. The van der Waals surface area contributed by atoms with Gasteiger partial charge in [0.1, 0.15) is 0 Å². The summed E-state index contributed by atoms with van der Waals surface area (Å²) in [5, 5.41) is 9.73. The molecule has 0 spiro atoms. The van der Waals surface area contributed by atoms with Crippen molar-refractivity contribution in [3.63, 3.8) is 0 Å². The van der Waals surface area contributed by atoms with E-state index in [0.717, 1.165) is 31.6 Å². The molecule has 4 nitrogen and oxygen atoms in total. The molecule has 1 heterocycles. The maximum atomic E-state index is 11.3. The highest BCUT2D eigenvalue weighted by Gasteiger charge is 2.23. The van der Waals surface area contributed by atoms with E-state index in [0.29, 0.717) is 11.1 Å². The molecule has 0 bridgehead atoms. The average molecular weight is 283 g/mol. The van der Waals surface area contributed by atoms with Crippen LogP contribution in [-0.4, -0.2) is 49.2 Å². The third-order valence-electron chi connectivity index (χ3n) is 3.72. The van der Waals surface area contributed by atoms with Crippen molar-refractivity contribution in [2.24, 2.45) is 0 Å². The first kappa shape index (κ1) is 14.2. The van der Waals surface area contributed by atoms with Gasteiger partial charge in [-0.25, -0.2) is 4.79 Å². The third kappa shape index (κ3) is 3.19. The van der Waals surface area contributed by atoms with Crippen molar-refractivity contribution >= 4 is 23.3 Å². The molecule has 0 amide bonds. The fourth-order valence-corrected chi connectivity index (χ4v) is 2.75. The number of anilines is 1. The van der Waals surface area contributed by atoms with Crippen LogP contribution in [0.2, 0.25) is 5.02 Å². The largest absolute Gasteiger partial charge is 0.478 e. The van der Waals surface area contributed by atoms with Crippen LogP contribution in [0.1, 0.15) is 23.2 Å². The standard InChI is InChI=1S/C14H19ClN2O2/c1-16(2)11-5-7-17(8-6-11)13-4-3-10(15)9-12(13)14(18)19/h3-4,9,11H,5-8H2,1-2H3,(H,18,19). The van der Waals surface area contributed by atoms with Gasteiger partial charge in [0.25, 0.3) is 0 Å². The summed E-state index contributed by atoms with van der Waals surface area (Å²) in [6.45, 7) is 1.76. The molecule has 0 aliphatic carbocycles. The normalized spacial score (nSPS) is 16.9. The quantitative estimate of drug-likeness (QED) is 0.925. The van der Waals surface area contributed by atoms with Gasteiger partial charge < -0.3 is 14.9 Å². The van der Waals surface area contributed by atoms with Crippen molar-refractivity contribution in [3.8, 4) is 0 Å². The van der Waals surface area contributed by atoms with Crippen LogP contribution < -0.4 is 4.90 Å². The second-order valence-corrected chi connectivity index (χ2v) is 5.58. The Hall–Kier alpha value is -1.26. The predicted molar refractivity (Wildman–Crippen MR) is 77.3 cm³/mol. The molecule has 1 aliphatic heterocycles. The number of hydrogen-bond donors (Lipinski definition) is 1. The van der Waals surface area contributed by atoms with E-state index in [-0.39, 0.29) is 5.56 Å². The molecule has 19 heavy (non-hydrogen) atoms. The number of nitrogens with zero attached hydrogens (tertiary/aromatic N) is 2. The van der Waals surface area contributed by atoms with Gasteiger partial charge in [-0.05, 0) is 45.1 Å². The Morgan fingerprint density at radius 1 is 1.37 bits per heavy atom. The minimum Gasteiger partial charge on any atom is -0.478 e. The van der Waals surface area contributed by atoms with Gasteiger partial charge in [0.2, 0.25) is 0 Å². The minimum atomic E-state index is -0.924. The van der Waals surface area contributed by atoms with E-state index < -0.39 is 5.97 Å². The first-order chi connectivity index (χ1) is 8.99. The summed E-state index contributed by atoms with van der Waals surface area (Å²) in [6, 6.07) is 5.66. The van der Waals surface area contributed by atoms with Crippen molar-refractivity contribution in [2.75, 3.05) is 32.1 Å². The minimum absolute atomic E-state index is 0.288. The van der Waals surface area contributed by atoms with E-state index >= 15 is 0 Å². The van der Waals surface area contributed by atoms with Gasteiger partial charge in [0, 0.05) is 24.2 Å². The molecule has 0 aromatic heterocycles. The molecular formula is C14H19ClN2O2. The number of benzene rings is 1. The summed E-state index contributed by atoms with van der Waals surface area (Å²) in [5.74, 6) is -0.924. The molecule has 1 fully saturated rings. The summed E-state index contributed by atoms with van der Waals surface area (Å²) in [6.07, 6.45) is 2.10. The monoisotopic (exact) mass is 282 g/mol. The van der Waals surface area contributed by atoms with Crippen molar-refractivity contribution in [3.05, 3.63) is 28.8 Å². The van der Waals surface area contributed by atoms with Gasteiger partial charge in [-0.3, -0.25) is 0 Å². The lowest BCUT2D eigenvalue weighted by molar-refractivity contribution is 0.0697. The Labute approximate surface area is 118 Å². The van der Waals surface area contributed by atoms with Crippen LogP contribution in [0.15, 0.2) is 18.2 Å². The van der Waals surface area contributed by atoms with Crippen molar-refractivity contribution < 1.29 is 9.90 Å². The highest BCUT2D eigenvalue weighted by atomic mass is 35.5. The van der Waals surface area contributed by atoms with Crippen LogP contribution in [0.4, 0.5) is 5.69 Å². The zero-order chi connectivity index (χ0) is 14.0. The molecule has 5 heteroatoms. The predicted octanol–water partition coefficient (Wildman–Crippen LogP) is 2.57. The molecule has 104 valence electrons. The third-order valence-corrected chi connectivity index (χ3v) is 3.96. The summed E-state index contributed by atoms with van der Waals surface area (Å²) in [4.78, 5) is 15.7. The van der Waals surface area contributed by atoms with E-state index in [9.17, 15) is 9.90 Å². The number of carboxylic acid groups (broad SMARTS) is 1. The van der Waals surface area contributed by atoms with Crippen LogP contribution >= 0.6 is 11.6 Å². The zero-order valence-corrected chi connectivity index (χ0v) is 12.0. The molecule has 1 aromatic rings. The second-order valence-electron chi connectivity index (χ2n) is 5.15. The number of halogens is 1. The summed E-state index contributed by atoms with van der Waals surface area (Å²) < 4.78 is 0. The number of piperidine rings is 1. The van der Waals surface area contributed by atoms with Gasteiger partial charge in [0.05, 0.1) is 11.3 Å². The number of rotatable bonds is 3. The summed E-state index contributed by atoms with van der Waals surface area (Å²) >= 11 is 5.88. The maximum Gasteiger partial charge on any atom is 0.337 e. The SMILES string of the molecule is CN(C)C1CCN(c2ccc(Cl)cc2C(=O)O)CC1. The Bertz CT molecular complexity index is 469. The molecule has 0 saturated carbocycles. The van der Waals surface area contributed by atoms with E-state index in [1.165, 1.54) is 6.07 Å². The molecule has 1 aromatic carbocycles. The maximum absolute atomic E-state index is 11.3. The number of carbonyl (C=O) groups is 1. The van der Waals surface area contributed by atoms with E-state index in [2.05, 4.69) is 23.9 Å². The lowest BCUT2D eigenvalue weighted by Crippen LogP contribution is -2.42. The lowest BCUT2D eigenvalue weighted by Gasteiger charge is -2.37. The Kier molecular flexibility index (Phi) is 4.32. The van der Waals surface area contributed by atoms with Crippen LogP contribution in [-0.2, 0) is 0 Å². The molecule has 1 saturated heterocycles. The smallest absolute Gasteiger partial charge is 0.337 e. The Morgan fingerprint density at radius 2 is 2.00 bits per heavy atom. The number of carboxylic acids is 1. The molecule has 1 aliphatic rings. The Balaban J connectivity index is 2.17. The van der Waals surface area contributed by atoms with Crippen LogP contribution in [0.5, 0.6) is 0 Å². The van der Waals surface area contributed by atoms with Crippen molar-refractivity contribution in [1.29, 1.82) is 0 Å². The van der Waals surface area contributed by atoms with E-state index in [1.54, 1.807) is 6.07 Å². The van der Waals surface area contributed by atoms with E-state index in [4.69, 9.17) is 11.6 Å². The summed E-state index contributed by atoms with van der Waals surface area (Å²) in [5.41, 5.74) is 1.06. The molecule has 0 radical (unpaired) electrons. The number of aromatic carboxylic acids is 1. The second kappa shape index (κ2) is 5.80. The molecular weight excluding hydrogens is 264 g/mol. The van der Waals surface area contributed by atoms with Crippen molar-refractivity contribution in [1.82, 2.24) is 4.90 Å². The topological polar surface area (TPSA) is 43.8 Å². The molecule has 2 rings (SSSR count). The highest BCUT2D eigenvalue weighted by molar-refractivity contribution is 6.31. The first-order valence-corrected chi connectivity index (χ1v) is 6.81. The lowest BCUT2D eigenvalue weighted by atomic mass is 10.0. The zero-order valence-electron chi connectivity index (χ0n) is 11.3. The van der Waals surface area contributed by atoms with Gasteiger partial charge in [-0.15, -0.1) is 0 Å². The number of hydrogen-bond acceptors (Lipinski definition) is 3. The van der Waals surface area contributed by atoms with Crippen LogP contribution in [0.3, 0.4) is 0 Å². The Morgan fingerprint density at radius 3 is 2.53 bits per heavy atom. The fourth-order valence-electron chi connectivity index (χ4n) is 2.58. The molecule has 0 unspecified atom stereocenters. The van der Waals surface area contributed by atoms with Gasteiger partial charge in [0.15, 0.2) is 0 Å². The van der Waals surface area contributed by atoms with Gasteiger partial charge in [-0.2, -0.15) is 0 Å². The summed E-state index contributed by atoms with van der Waals surface area (Å²) in [7, 11) is 4.18. The highest BCUT2D eigenvalue weighted by Crippen LogP contribution is 2.27. The van der Waals surface area contributed by atoms with Crippen LogP contribution in [0, 0.1) is 0 Å². The first-order valence-electron chi connectivity index (χ1n) is 6.43. The van der Waals surface area contributed by atoms with Crippen molar-refractivity contribution in [2.45, 2.75) is 18.9 Å². The van der Waals surface area contributed by atoms with Crippen LogP contribution in [0.25, 0.3) is 0 Å².